The molecule has 6 nitrogen and oxygen atoms in total. The van der Waals surface area contributed by atoms with Gasteiger partial charge in [-0.1, -0.05) is 19.3 Å². The number of rotatable bonds is 3. The van der Waals surface area contributed by atoms with Crippen LogP contribution in [0.5, 0.6) is 11.5 Å². The predicted octanol–water partition coefficient (Wildman–Crippen LogP) is 2.95. The van der Waals surface area contributed by atoms with Gasteiger partial charge in [-0.15, -0.1) is 0 Å². The van der Waals surface area contributed by atoms with Crippen LogP contribution in [-0.2, 0) is 11.3 Å². The summed E-state index contributed by atoms with van der Waals surface area (Å²) in [6.45, 7) is 3.52. The van der Waals surface area contributed by atoms with Gasteiger partial charge in [0.25, 0.3) is 0 Å². The maximum atomic E-state index is 12.5. The highest BCUT2D eigenvalue weighted by Crippen LogP contribution is 2.34. The fraction of sp³-hybridized carbons (Fsp3) is 0.579. The lowest BCUT2D eigenvalue weighted by Gasteiger charge is -2.23. The third kappa shape index (κ3) is 3.43. The van der Waals surface area contributed by atoms with E-state index in [4.69, 9.17) is 9.47 Å². The van der Waals surface area contributed by atoms with Crippen LogP contribution >= 0.6 is 0 Å². The number of imidazole rings is 1. The molecule has 6 heteroatoms. The summed E-state index contributed by atoms with van der Waals surface area (Å²) in [6, 6.07) is 4.19. The zero-order chi connectivity index (χ0) is 17.2. The fourth-order valence-corrected chi connectivity index (χ4v) is 3.77. The van der Waals surface area contributed by atoms with Crippen LogP contribution in [0.2, 0.25) is 0 Å². The smallest absolute Gasteiger partial charge is 0.240 e. The Kier molecular flexibility index (Phi) is 4.51. The normalized spacial score (nSPS) is 18.1. The third-order valence-corrected chi connectivity index (χ3v) is 5.08. The Morgan fingerprint density at radius 2 is 1.88 bits per heavy atom. The van der Waals surface area contributed by atoms with Crippen molar-refractivity contribution in [1.29, 1.82) is 0 Å². The molecule has 1 aromatic heterocycles. The van der Waals surface area contributed by atoms with Gasteiger partial charge in [0, 0.05) is 24.6 Å². The maximum absolute atomic E-state index is 12.5. The first-order chi connectivity index (χ1) is 12.2. The van der Waals surface area contributed by atoms with E-state index in [2.05, 4.69) is 10.3 Å². The number of aryl methyl sites for hydroxylation is 1. The van der Waals surface area contributed by atoms with Crippen molar-refractivity contribution in [2.45, 2.75) is 58.0 Å². The molecule has 0 radical (unpaired) electrons. The van der Waals surface area contributed by atoms with E-state index < -0.39 is 0 Å². The third-order valence-electron chi connectivity index (χ3n) is 5.08. The van der Waals surface area contributed by atoms with Gasteiger partial charge in [-0.05, 0) is 19.8 Å². The maximum Gasteiger partial charge on any atom is 0.240 e. The van der Waals surface area contributed by atoms with Crippen molar-refractivity contribution in [3.05, 3.63) is 18.0 Å². The number of nitrogens with one attached hydrogen (secondary N) is 1. The number of ether oxygens (including phenoxy) is 2. The number of carbonyl (C=O) groups is 1. The van der Waals surface area contributed by atoms with Gasteiger partial charge in [0.1, 0.15) is 12.4 Å². The molecule has 4 rings (SSSR count). The standard InChI is InChI=1S/C19H25N3O3/c1-13-20-15-10-17-18(25-9-5-8-24-17)11-16(15)22(13)12-19(23)21-14-6-3-2-4-7-14/h10-11,14H,2-9,12H2,1H3,(H,21,23). The first kappa shape index (κ1) is 16.2. The SMILES string of the molecule is Cc1nc2cc3c(cc2n1CC(=O)NC1CCCCC1)OCCCO3. The molecule has 2 heterocycles. The number of nitrogens with zero attached hydrogens (tertiary/aromatic N) is 2. The molecule has 0 atom stereocenters. The van der Waals surface area contributed by atoms with Crippen LogP contribution in [0, 0.1) is 6.92 Å². The van der Waals surface area contributed by atoms with E-state index in [9.17, 15) is 4.79 Å². The highest BCUT2D eigenvalue weighted by Gasteiger charge is 2.19. The molecule has 1 N–H and O–H groups in total. The van der Waals surface area contributed by atoms with Crippen molar-refractivity contribution in [1.82, 2.24) is 14.9 Å². The molecule has 1 aliphatic heterocycles. The van der Waals surface area contributed by atoms with Gasteiger partial charge in [0.2, 0.25) is 5.91 Å². The summed E-state index contributed by atoms with van der Waals surface area (Å²) in [5.41, 5.74) is 1.76. The summed E-state index contributed by atoms with van der Waals surface area (Å²) in [5, 5.41) is 3.18. The minimum atomic E-state index is 0.0569. The number of carbonyl (C=O) groups excluding carboxylic acids is 1. The average Bonchev–Trinajstić information content (AvgIpc) is 2.77. The van der Waals surface area contributed by atoms with Crippen LogP contribution < -0.4 is 14.8 Å². The lowest BCUT2D eigenvalue weighted by atomic mass is 9.95. The van der Waals surface area contributed by atoms with E-state index in [1.165, 1.54) is 19.3 Å². The van der Waals surface area contributed by atoms with E-state index in [1.807, 2.05) is 23.6 Å². The minimum Gasteiger partial charge on any atom is -0.489 e. The van der Waals surface area contributed by atoms with Gasteiger partial charge in [-0.2, -0.15) is 0 Å². The highest BCUT2D eigenvalue weighted by molar-refractivity contribution is 5.83. The van der Waals surface area contributed by atoms with Crippen molar-refractivity contribution < 1.29 is 14.3 Å². The average molecular weight is 343 g/mol. The second-order valence-corrected chi connectivity index (χ2v) is 6.99. The molecule has 1 fully saturated rings. The molecule has 0 spiro atoms. The molecular formula is C19H25N3O3. The zero-order valence-corrected chi connectivity index (χ0v) is 14.7. The summed E-state index contributed by atoms with van der Waals surface area (Å²) in [4.78, 5) is 17.1. The van der Waals surface area contributed by atoms with E-state index in [-0.39, 0.29) is 5.91 Å². The van der Waals surface area contributed by atoms with Crippen molar-refractivity contribution in [3.63, 3.8) is 0 Å². The number of aromatic nitrogens is 2. The van der Waals surface area contributed by atoms with Gasteiger partial charge in [-0.25, -0.2) is 4.98 Å². The monoisotopic (exact) mass is 343 g/mol. The molecule has 2 aromatic rings. The van der Waals surface area contributed by atoms with E-state index in [1.54, 1.807) is 0 Å². The number of hydrogen-bond acceptors (Lipinski definition) is 4. The lowest BCUT2D eigenvalue weighted by Crippen LogP contribution is -2.38. The van der Waals surface area contributed by atoms with Crippen molar-refractivity contribution in [2.24, 2.45) is 0 Å². The van der Waals surface area contributed by atoms with Gasteiger partial charge >= 0.3 is 0 Å². The largest absolute Gasteiger partial charge is 0.489 e. The fourth-order valence-electron chi connectivity index (χ4n) is 3.77. The topological polar surface area (TPSA) is 65.4 Å². The molecule has 1 aliphatic carbocycles. The summed E-state index contributed by atoms with van der Waals surface area (Å²) < 4.78 is 13.5. The molecule has 2 aliphatic rings. The quantitative estimate of drug-likeness (QED) is 0.930. The summed E-state index contributed by atoms with van der Waals surface area (Å²) in [7, 11) is 0. The highest BCUT2D eigenvalue weighted by atomic mass is 16.5. The second-order valence-electron chi connectivity index (χ2n) is 6.99. The number of amides is 1. The van der Waals surface area contributed by atoms with Crippen LogP contribution in [0.15, 0.2) is 12.1 Å². The number of hydrogen-bond donors (Lipinski definition) is 1. The predicted molar refractivity (Wildman–Crippen MR) is 95.1 cm³/mol. The molecule has 1 aromatic carbocycles. The van der Waals surface area contributed by atoms with Crippen molar-refractivity contribution >= 4 is 16.9 Å². The van der Waals surface area contributed by atoms with Crippen molar-refractivity contribution in [3.8, 4) is 11.5 Å². The Morgan fingerprint density at radius 3 is 2.64 bits per heavy atom. The Labute approximate surface area is 147 Å². The summed E-state index contributed by atoms with van der Waals surface area (Å²) in [6.07, 6.45) is 6.76. The van der Waals surface area contributed by atoms with Crippen LogP contribution in [0.25, 0.3) is 11.0 Å². The first-order valence-electron chi connectivity index (χ1n) is 9.26. The Balaban J connectivity index is 1.57. The Hall–Kier alpha value is -2.24. The molecule has 0 bridgehead atoms. The minimum absolute atomic E-state index is 0.0569. The van der Waals surface area contributed by atoms with E-state index in [0.717, 1.165) is 47.6 Å². The van der Waals surface area contributed by atoms with Gasteiger partial charge < -0.3 is 19.4 Å². The Morgan fingerprint density at radius 1 is 1.16 bits per heavy atom. The molecule has 1 saturated carbocycles. The number of fused-ring (bicyclic) bond motifs is 2. The summed E-state index contributed by atoms with van der Waals surface area (Å²) >= 11 is 0. The van der Waals surface area contributed by atoms with Gasteiger partial charge in [-0.3, -0.25) is 4.79 Å². The summed E-state index contributed by atoms with van der Waals surface area (Å²) in [5.74, 6) is 2.36. The van der Waals surface area contributed by atoms with E-state index >= 15 is 0 Å². The molecule has 134 valence electrons. The van der Waals surface area contributed by atoms with Gasteiger partial charge in [0.05, 0.1) is 24.2 Å². The molecule has 1 amide bonds. The molecule has 0 unspecified atom stereocenters. The van der Waals surface area contributed by atoms with E-state index in [0.29, 0.717) is 25.8 Å². The van der Waals surface area contributed by atoms with Gasteiger partial charge in [0.15, 0.2) is 11.5 Å². The zero-order valence-electron chi connectivity index (χ0n) is 14.7. The second kappa shape index (κ2) is 6.94. The first-order valence-corrected chi connectivity index (χ1v) is 9.26. The molecule has 25 heavy (non-hydrogen) atoms. The molecular weight excluding hydrogens is 318 g/mol. The Bertz CT molecular complexity index is 778. The van der Waals surface area contributed by atoms with Crippen LogP contribution in [0.4, 0.5) is 0 Å². The molecule has 0 saturated heterocycles. The number of benzene rings is 1. The van der Waals surface area contributed by atoms with Crippen LogP contribution in [0.3, 0.4) is 0 Å². The van der Waals surface area contributed by atoms with Crippen LogP contribution in [0.1, 0.15) is 44.3 Å². The van der Waals surface area contributed by atoms with Crippen LogP contribution in [-0.4, -0.2) is 34.7 Å². The lowest BCUT2D eigenvalue weighted by molar-refractivity contribution is -0.122. The van der Waals surface area contributed by atoms with Crippen molar-refractivity contribution in [2.75, 3.05) is 13.2 Å².